The summed E-state index contributed by atoms with van der Waals surface area (Å²) in [6.45, 7) is 27.4. The summed E-state index contributed by atoms with van der Waals surface area (Å²) in [6.07, 6.45) is 10.6. The minimum Gasteiger partial charge on any atom is -0.414 e. The molecular formula is C40H72O4SSi2. The Bertz CT molecular complexity index is 1220. The van der Waals surface area contributed by atoms with Gasteiger partial charge in [0.2, 0.25) is 0 Å². The molecule has 1 aromatic rings. The molecule has 5 unspecified atom stereocenters. The fourth-order valence-corrected chi connectivity index (χ4v) is 18.8. The summed E-state index contributed by atoms with van der Waals surface area (Å²) in [6, 6.07) is 15.9. The molecule has 7 heteroatoms. The van der Waals surface area contributed by atoms with Gasteiger partial charge in [0.15, 0.2) is 26.5 Å². The first kappa shape index (κ1) is 40.7. The first-order valence-corrected chi connectivity index (χ1v) is 26.0. The second-order valence-electron chi connectivity index (χ2n) is 16.1. The average Bonchev–Trinajstić information content (AvgIpc) is 3.43. The molecule has 3 rings (SSSR count). The third kappa shape index (κ3) is 8.26. The molecule has 0 spiro atoms. The van der Waals surface area contributed by atoms with Crippen molar-refractivity contribution in [1.29, 1.82) is 0 Å². The van der Waals surface area contributed by atoms with Gasteiger partial charge in [-0.05, 0) is 124 Å². The lowest BCUT2D eigenvalue weighted by Gasteiger charge is -2.51. The fourth-order valence-electron chi connectivity index (χ4n) is 10.3. The van der Waals surface area contributed by atoms with Crippen LogP contribution in [0.5, 0.6) is 0 Å². The average molecular weight is 705 g/mol. The van der Waals surface area contributed by atoms with Gasteiger partial charge in [-0.3, -0.25) is 0 Å². The molecule has 270 valence electrons. The quantitative estimate of drug-likeness (QED) is 0.113. The molecular weight excluding hydrogens is 633 g/mol. The molecule has 0 bridgehead atoms. The van der Waals surface area contributed by atoms with E-state index in [9.17, 15) is 0 Å². The van der Waals surface area contributed by atoms with Crippen LogP contribution in [-0.2, 0) is 18.7 Å². The van der Waals surface area contributed by atoms with E-state index in [0.29, 0.717) is 22.8 Å². The van der Waals surface area contributed by atoms with Crippen LogP contribution in [0, 0.1) is 35.0 Å². The van der Waals surface area contributed by atoms with E-state index in [1.165, 1.54) is 43.8 Å². The Morgan fingerprint density at radius 2 is 1.45 bits per heavy atom. The van der Waals surface area contributed by atoms with Crippen LogP contribution in [-0.4, -0.2) is 42.0 Å². The summed E-state index contributed by atoms with van der Waals surface area (Å²) in [5, 5.41) is -0.595. The van der Waals surface area contributed by atoms with Crippen molar-refractivity contribution < 1.29 is 17.3 Å². The zero-order chi connectivity index (χ0) is 35.3. The van der Waals surface area contributed by atoms with Crippen molar-refractivity contribution in [2.24, 2.45) is 35.0 Å². The maximum Gasteiger partial charge on any atom is 0.192 e. The Kier molecular flexibility index (Phi) is 14.3. The molecule has 2 aliphatic rings. The van der Waals surface area contributed by atoms with E-state index in [-0.39, 0.29) is 23.2 Å². The summed E-state index contributed by atoms with van der Waals surface area (Å²) in [5.74, 6) is 0.945. The van der Waals surface area contributed by atoms with Crippen molar-refractivity contribution >= 4 is 26.5 Å². The third-order valence-corrected chi connectivity index (χ3v) is 25.7. The van der Waals surface area contributed by atoms with Gasteiger partial charge in [0.25, 0.3) is 0 Å². The standard InChI is InChI=1S/C40H72O4SSi2/c1-13-24-36(39(10,11)44-47(17-5,18-6)19-7)38(45(41,42)33-25-21-20-22-26-33)32(9)31(8)34-28-29-35-37(27-23-30-40(34,35)12)43-46(14-2,15-3)16-4/h13,20-22,24-26,31-32,34-38H,14-19,23,27-30H2,1-12H3/b24-13+/t31-,32?,34+,35?,36?,37?,38?,40+/m0/s1. The topological polar surface area (TPSA) is 52.6 Å². The van der Waals surface area contributed by atoms with E-state index in [0.717, 1.165) is 24.6 Å². The molecule has 0 aliphatic heterocycles. The van der Waals surface area contributed by atoms with Crippen molar-refractivity contribution in [2.75, 3.05) is 0 Å². The molecule has 0 aromatic heterocycles. The number of allylic oxidation sites excluding steroid dienone is 1. The van der Waals surface area contributed by atoms with E-state index in [4.69, 9.17) is 8.85 Å². The number of benzene rings is 1. The molecule has 0 heterocycles. The summed E-state index contributed by atoms with van der Waals surface area (Å²) >= 11 is 0. The van der Waals surface area contributed by atoms with Gasteiger partial charge in [-0.25, -0.2) is 8.42 Å². The number of rotatable bonds is 18. The number of hydrogen-bond donors (Lipinski definition) is 0. The highest BCUT2D eigenvalue weighted by Gasteiger charge is 2.57. The molecule has 2 saturated carbocycles. The lowest BCUT2D eigenvalue weighted by atomic mass is 9.60. The predicted molar refractivity (Wildman–Crippen MR) is 207 cm³/mol. The molecule has 0 radical (unpaired) electrons. The maximum atomic E-state index is 15.0. The largest absolute Gasteiger partial charge is 0.414 e. The summed E-state index contributed by atoms with van der Waals surface area (Å²) in [7, 11) is -7.43. The van der Waals surface area contributed by atoms with Crippen molar-refractivity contribution in [2.45, 2.75) is 173 Å². The summed E-state index contributed by atoms with van der Waals surface area (Å²) in [4.78, 5) is 0.431. The van der Waals surface area contributed by atoms with Crippen LogP contribution >= 0.6 is 0 Å². The highest BCUT2D eigenvalue weighted by atomic mass is 32.2. The van der Waals surface area contributed by atoms with Gasteiger partial charge in [0.05, 0.1) is 15.7 Å². The lowest BCUT2D eigenvalue weighted by Crippen LogP contribution is -2.54. The first-order valence-electron chi connectivity index (χ1n) is 19.4. The van der Waals surface area contributed by atoms with Crippen LogP contribution in [0.3, 0.4) is 0 Å². The molecule has 47 heavy (non-hydrogen) atoms. The SMILES string of the molecule is C/C=C/C(C(C(C)[C@H](C)[C@H]1CCC2C(O[Si](CC)(CC)CC)CCC[C@@]21C)S(=O)(=O)c1ccccc1)C(C)(C)O[Si](CC)(CC)CC. The number of fused-ring (bicyclic) bond motifs is 1. The van der Waals surface area contributed by atoms with E-state index < -0.39 is 37.3 Å². The van der Waals surface area contributed by atoms with Crippen LogP contribution in [0.15, 0.2) is 47.4 Å². The predicted octanol–water partition coefficient (Wildman–Crippen LogP) is 11.7. The van der Waals surface area contributed by atoms with E-state index in [2.05, 4.69) is 88.3 Å². The Hall–Kier alpha value is -0.736. The molecule has 4 nitrogen and oxygen atoms in total. The highest BCUT2D eigenvalue weighted by molar-refractivity contribution is 7.92. The summed E-state index contributed by atoms with van der Waals surface area (Å²) in [5.41, 5.74) is -0.453. The Morgan fingerprint density at radius 3 is 1.96 bits per heavy atom. The van der Waals surface area contributed by atoms with Gasteiger partial charge in [-0.15, -0.1) is 0 Å². The molecule has 2 aliphatic carbocycles. The zero-order valence-corrected chi connectivity index (χ0v) is 35.2. The van der Waals surface area contributed by atoms with Gasteiger partial charge < -0.3 is 8.85 Å². The van der Waals surface area contributed by atoms with Gasteiger partial charge >= 0.3 is 0 Å². The van der Waals surface area contributed by atoms with Crippen molar-refractivity contribution in [3.8, 4) is 0 Å². The van der Waals surface area contributed by atoms with Crippen LogP contribution < -0.4 is 0 Å². The fraction of sp³-hybridized carbons (Fsp3) is 0.800. The summed E-state index contributed by atoms with van der Waals surface area (Å²) < 4.78 is 44.5. The van der Waals surface area contributed by atoms with E-state index >= 15 is 8.42 Å². The number of hydrogen-bond acceptors (Lipinski definition) is 4. The molecule has 0 saturated heterocycles. The Balaban J connectivity index is 2.09. The second-order valence-corrected chi connectivity index (χ2v) is 27.7. The minimum absolute atomic E-state index is 0.0533. The minimum atomic E-state index is -3.68. The first-order chi connectivity index (χ1) is 22.1. The monoisotopic (exact) mass is 704 g/mol. The van der Waals surface area contributed by atoms with Crippen LogP contribution in [0.1, 0.15) is 115 Å². The normalized spacial score (nSPS) is 27.0. The highest BCUT2D eigenvalue weighted by Crippen LogP contribution is 2.60. The smallest absolute Gasteiger partial charge is 0.192 e. The van der Waals surface area contributed by atoms with E-state index in [1.807, 2.05) is 25.1 Å². The Morgan fingerprint density at radius 1 is 0.894 bits per heavy atom. The number of sulfone groups is 1. The van der Waals surface area contributed by atoms with Crippen LogP contribution in [0.25, 0.3) is 0 Å². The Labute approximate surface area is 293 Å². The molecule has 0 amide bonds. The maximum absolute atomic E-state index is 15.0. The zero-order valence-electron chi connectivity index (χ0n) is 32.4. The van der Waals surface area contributed by atoms with Gasteiger partial charge in [-0.1, -0.05) is 99.1 Å². The van der Waals surface area contributed by atoms with Gasteiger partial charge in [-0.2, -0.15) is 0 Å². The van der Waals surface area contributed by atoms with Crippen LogP contribution in [0.4, 0.5) is 0 Å². The van der Waals surface area contributed by atoms with Gasteiger partial charge in [0.1, 0.15) is 0 Å². The van der Waals surface area contributed by atoms with E-state index in [1.54, 1.807) is 12.1 Å². The third-order valence-electron chi connectivity index (χ3n) is 13.9. The second kappa shape index (κ2) is 16.5. The van der Waals surface area contributed by atoms with Gasteiger partial charge in [0, 0.05) is 12.0 Å². The molecule has 2 fully saturated rings. The lowest BCUT2D eigenvalue weighted by molar-refractivity contribution is -0.0282. The molecule has 1 aromatic carbocycles. The molecule has 0 N–H and O–H groups in total. The van der Waals surface area contributed by atoms with Crippen molar-refractivity contribution in [1.82, 2.24) is 0 Å². The van der Waals surface area contributed by atoms with Crippen molar-refractivity contribution in [3.63, 3.8) is 0 Å². The molecule has 8 atom stereocenters. The van der Waals surface area contributed by atoms with Crippen LogP contribution in [0.2, 0.25) is 36.3 Å². The van der Waals surface area contributed by atoms with Crippen molar-refractivity contribution in [3.05, 3.63) is 42.5 Å².